The van der Waals surface area contributed by atoms with Gasteiger partial charge in [-0.2, -0.15) is 0 Å². The van der Waals surface area contributed by atoms with Crippen LogP contribution in [-0.2, 0) is 4.79 Å². The first-order valence-corrected chi connectivity index (χ1v) is 9.33. The summed E-state index contributed by atoms with van der Waals surface area (Å²) < 4.78 is 26.7. The molecule has 1 fully saturated rings. The van der Waals surface area contributed by atoms with E-state index in [9.17, 15) is 18.4 Å². The van der Waals surface area contributed by atoms with Crippen molar-refractivity contribution in [1.82, 2.24) is 9.88 Å². The highest BCUT2D eigenvalue weighted by atomic mass is 19.1. The molecule has 1 saturated heterocycles. The molecule has 2 N–H and O–H groups in total. The third-order valence-corrected chi connectivity index (χ3v) is 4.99. The first kappa shape index (κ1) is 19.1. The Morgan fingerprint density at radius 3 is 2.38 bits per heavy atom. The Kier molecular flexibility index (Phi) is 5.26. The number of fused-ring (bicyclic) bond motifs is 1. The number of H-pyrrole nitrogens is 1. The van der Waals surface area contributed by atoms with Crippen LogP contribution in [0.25, 0.3) is 10.9 Å². The Labute approximate surface area is 165 Å². The number of carbonyl (C=O) groups excluding carboxylic acids is 1. The molecule has 0 aliphatic carbocycles. The minimum Gasteiger partial charge on any atom is -0.368 e. The lowest BCUT2D eigenvalue weighted by atomic mass is 10.1. The van der Waals surface area contributed by atoms with E-state index >= 15 is 0 Å². The summed E-state index contributed by atoms with van der Waals surface area (Å²) in [5.41, 5.74) is 1.60. The standard InChI is InChI=1S/C21H20F2N4O2/c22-14-1-4-16(5-2-14)24-21(29)13-26-7-9-27(10-8-26)19-12-20(28)25-18-6-3-15(23)11-17(18)19/h1-6,11-12H,7-10,13H2,(H,24,29)(H,25,28). The van der Waals surface area contributed by atoms with Gasteiger partial charge in [0.1, 0.15) is 11.6 Å². The van der Waals surface area contributed by atoms with Crippen molar-refractivity contribution in [1.29, 1.82) is 0 Å². The zero-order chi connectivity index (χ0) is 20.4. The molecule has 29 heavy (non-hydrogen) atoms. The van der Waals surface area contributed by atoms with Crippen LogP contribution in [0.5, 0.6) is 0 Å². The summed E-state index contributed by atoms with van der Waals surface area (Å²) in [5, 5.41) is 3.41. The van der Waals surface area contributed by atoms with E-state index in [2.05, 4.69) is 10.3 Å². The normalized spacial score (nSPS) is 14.9. The Hall–Kier alpha value is -3.26. The second-order valence-corrected chi connectivity index (χ2v) is 7.03. The maximum atomic E-state index is 13.7. The Morgan fingerprint density at radius 1 is 0.966 bits per heavy atom. The lowest BCUT2D eigenvalue weighted by Gasteiger charge is -2.36. The summed E-state index contributed by atoms with van der Waals surface area (Å²) in [6, 6.07) is 11.4. The molecule has 0 radical (unpaired) electrons. The lowest BCUT2D eigenvalue weighted by molar-refractivity contribution is -0.117. The van der Waals surface area contributed by atoms with Crippen LogP contribution in [-0.4, -0.2) is 48.5 Å². The number of carbonyl (C=O) groups is 1. The molecule has 4 rings (SSSR count). The van der Waals surface area contributed by atoms with Crippen LogP contribution in [0.1, 0.15) is 0 Å². The summed E-state index contributed by atoms with van der Waals surface area (Å²) >= 11 is 0. The minimum absolute atomic E-state index is 0.172. The van der Waals surface area contributed by atoms with E-state index in [0.29, 0.717) is 48.5 Å². The summed E-state index contributed by atoms with van der Waals surface area (Å²) in [6.45, 7) is 2.69. The number of nitrogens with one attached hydrogen (secondary N) is 2. The molecular weight excluding hydrogens is 378 g/mol. The number of pyridine rings is 1. The summed E-state index contributed by atoms with van der Waals surface area (Å²) in [5.74, 6) is -0.887. The van der Waals surface area contributed by atoms with Crippen molar-refractivity contribution in [2.45, 2.75) is 0 Å². The SMILES string of the molecule is O=C(CN1CCN(c2cc(=O)[nH]c3ccc(F)cc23)CC1)Nc1ccc(F)cc1. The third-order valence-electron chi connectivity index (χ3n) is 4.99. The number of nitrogens with zero attached hydrogens (tertiary/aromatic N) is 2. The zero-order valence-corrected chi connectivity index (χ0v) is 15.6. The van der Waals surface area contributed by atoms with Crippen LogP contribution in [0.15, 0.2) is 53.3 Å². The van der Waals surface area contributed by atoms with Gasteiger partial charge in [0.15, 0.2) is 0 Å². The number of hydrogen-bond acceptors (Lipinski definition) is 4. The van der Waals surface area contributed by atoms with Crippen molar-refractivity contribution in [2.24, 2.45) is 0 Å². The number of aromatic amines is 1. The summed E-state index contributed by atoms with van der Waals surface area (Å²) in [6.07, 6.45) is 0. The smallest absolute Gasteiger partial charge is 0.250 e. The molecule has 1 amide bonds. The zero-order valence-electron chi connectivity index (χ0n) is 15.6. The Morgan fingerprint density at radius 2 is 1.66 bits per heavy atom. The van der Waals surface area contributed by atoms with Gasteiger partial charge in [-0.15, -0.1) is 0 Å². The van der Waals surface area contributed by atoms with Gasteiger partial charge in [0, 0.05) is 43.3 Å². The second kappa shape index (κ2) is 8.00. The number of halogens is 2. The number of hydrogen-bond donors (Lipinski definition) is 2. The van der Waals surface area contributed by atoms with Crippen molar-refractivity contribution >= 4 is 28.2 Å². The minimum atomic E-state index is -0.359. The van der Waals surface area contributed by atoms with Crippen LogP contribution in [0.3, 0.4) is 0 Å². The van der Waals surface area contributed by atoms with Crippen LogP contribution in [0.4, 0.5) is 20.2 Å². The molecule has 1 aliphatic rings. The number of piperazine rings is 1. The molecule has 0 saturated carbocycles. The monoisotopic (exact) mass is 398 g/mol. The van der Waals surface area contributed by atoms with Gasteiger partial charge in [-0.1, -0.05) is 0 Å². The van der Waals surface area contributed by atoms with E-state index in [-0.39, 0.29) is 29.6 Å². The Balaban J connectivity index is 1.40. The molecule has 1 aromatic heterocycles. The van der Waals surface area contributed by atoms with Gasteiger partial charge in [0.2, 0.25) is 11.5 Å². The first-order chi connectivity index (χ1) is 14.0. The van der Waals surface area contributed by atoms with Gasteiger partial charge in [0.05, 0.1) is 17.7 Å². The maximum Gasteiger partial charge on any atom is 0.250 e. The van der Waals surface area contributed by atoms with Crippen LogP contribution in [0, 0.1) is 11.6 Å². The molecule has 6 nitrogen and oxygen atoms in total. The quantitative estimate of drug-likeness (QED) is 0.709. The van der Waals surface area contributed by atoms with E-state index in [0.717, 1.165) is 0 Å². The van der Waals surface area contributed by atoms with Crippen LogP contribution < -0.4 is 15.8 Å². The highest BCUT2D eigenvalue weighted by Crippen LogP contribution is 2.25. The van der Waals surface area contributed by atoms with Crippen molar-refractivity contribution < 1.29 is 13.6 Å². The highest BCUT2D eigenvalue weighted by Gasteiger charge is 2.21. The molecule has 2 aromatic carbocycles. The highest BCUT2D eigenvalue weighted by molar-refractivity contribution is 5.92. The fourth-order valence-electron chi connectivity index (χ4n) is 3.55. The molecule has 0 spiro atoms. The number of amides is 1. The predicted octanol–water partition coefficient (Wildman–Crippen LogP) is 2.57. The van der Waals surface area contributed by atoms with Gasteiger partial charge in [-0.25, -0.2) is 8.78 Å². The van der Waals surface area contributed by atoms with E-state index in [1.165, 1.54) is 42.5 Å². The summed E-state index contributed by atoms with van der Waals surface area (Å²) in [7, 11) is 0. The number of aromatic nitrogens is 1. The van der Waals surface area contributed by atoms with Crippen molar-refractivity contribution in [3.05, 3.63) is 70.5 Å². The Bertz CT molecular complexity index is 1090. The average molecular weight is 398 g/mol. The predicted molar refractivity (Wildman–Crippen MR) is 108 cm³/mol. The fourth-order valence-corrected chi connectivity index (χ4v) is 3.55. The molecule has 8 heteroatoms. The van der Waals surface area contributed by atoms with E-state index in [1.807, 2.05) is 9.80 Å². The number of anilines is 2. The van der Waals surface area contributed by atoms with Crippen molar-refractivity contribution in [2.75, 3.05) is 42.9 Å². The van der Waals surface area contributed by atoms with Gasteiger partial charge < -0.3 is 15.2 Å². The molecule has 3 aromatic rings. The van der Waals surface area contributed by atoms with Gasteiger partial charge in [-0.3, -0.25) is 14.5 Å². The third kappa shape index (κ3) is 4.43. The molecule has 150 valence electrons. The average Bonchev–Trinajstić information content (AvgIpc) is 2.70. The summed E-state index contributed by atoms with van der Waals surface area (Å²) in [4.78, 5) is 31.0. The van der Waals surface area contributed by atoms with Crippen LogP contribution >= 0.6 is 0 Å². The first-order valence-electron chi connectivity index (χ1n) is 9.33. The lowest BCUT2D eigenvalue weighted by Crippen LogP contribution is -2.49. The number of benzene rings is 2. The fraction of sp³-hybridized carbons (Fsp3) is 0.238. The molecule has 0 unspecified atom stereocenters. The molecular formula is C21H20F2N4O2. The maximum absolute atomic E-state index is 13.7. The van der Waals surface area contributed by atoms with Crippen molar-refractivity contribution in [3.8, 4) is 0 Å². The van der Waals surface area contributed by atoms with Crippen molar-refractivity contribution in [3.63, 3.8) is 0 Å². The van der Waals surface area contributed by atoms with Gasteiger partial charge >= 0.3 is 0 Å². The molecule has 0 bridgehead atoms. The second-order valence-electron chi connectivity index (χ2n) is 7.03. The molecule has 1 aliphatic heterocycles. The van der Waals surface area contributed by atoms with Gasteiger partial charge in [-0.05, 0) is 42.5 Å². The molecule has 2 heterocycles. The van der Waals surface area contributed by atoms with E-state index < -0.39 is 0 Å². The largest absolute Gasteiger partial charge is 0.368 e. The number of rotatable bonds is 4. The van der Waals surface area contributed by atoms with Gasteiger partial charge in [0.25, 0.3) is 0 Å². The topological polar surface area (TPSA) is 68.4 Å². The molecule has 0 atom stereocenters. The van der Waals surface area contributed by atoms with Crippen LogP contribution in [0.2, 0.25) is 0 Å². The van der Waals surface area contributed by atoms with E-state index in [1.54, 1.807) is 6.07 Å². The van der Waals surface area contributed by atoms with E-state index in [4.69, 9.17) is 0 Å².